The molecule has 0 radical (unpaired) electrons. The van der Waals surface area contributed by atoms with E-state index in [0.717, 1.165) is 23.1 Å². The molecule has 0 spiro atoms. The first kappa shape index (κ1) is 14.0. The maximum atomic E-state index is 13.5. The van der Waals surface area contributed by atoms with Gasteiger partial charge in [-0.05, 0) is 35.9 Å². The van der Waals surface area contributed by atoms with Gasteiger partial charge in [0.25, 0.3) is 0 Å². The third kappa shape index (κ3) is 2.91. The number of rotatable bonds is 4. The van der Waals surface area contributed by atoms with Gasteiger partial charge in [0.05, 0.1) is 0 Å². The number of nitrogens with one attached hydrogen (secondary N) is 1. The Morgan fingerprint density at radius 1 is 1.05 bits per heavy atom. The van der Waals surface area contributed by atoms with Gasteiger partial charge in [-0.15, -0.1) is 0 Å². The standard InChI is InChI=1S/C16H12ClF2NO/c17-16-13(12-3-1-2-4-15(12)21-16)9-20-8-10-7-11(18)5-6-14(10)19/h1-7,20H,8-9H2. The van der Waals surface area contributed by atoms with Crippen LogP contribution in [0.2, 0.25) is 5.22 Å². The SMILES string of the molecule is Fc1ccc(F)c(CNCc2c(Cl)oc3ccccc23)c1. The number of halogens is 3. The molecular weight excluding hydrogens is 296 g/mol. The summed E-state index contributed by atoms with van der Waals surface area (Å²) in [6.07, 6.45) is 0. The van der Waals surface area contributed by atoms with Gasteiger partial charge in [-0.3, -0.25) is 0 Å². The number of hydrogen-bond donors (Lipinski definition) is 1. The fourth-order valence-corrected chi connectivity index (χ4v) is 2.49. The van der Waals surface area contributed by atoms with E-state index in [2.05, 4.69) is 5.32 Å². The van der Waals surface area contributed by atoms with Crippen LogP contribution < -0.4 is 5.32 Å². The molecule has 0 aliphatic carbocycles. The van der Waals surface area contributed by atoms with Gasteiger partial charge in [-0.25, -0.2) is 8.78 Å². The molecule has 0 unspecified atom stereocenters. The summed E-state index contributed by atoms with van der Waals surface area (Å²) in [4.78, 5) is 0. The van der Waals surface area contributed by atoms with Crippen molar-refractivity contribution in [3.8, 4) is 0 Å². The molecule has 5 heteroatoms. The van der Waals surface area contributed by atoms with Crippen LogP contribution in [0, 0.1) is 11.6 Å². The fourth-order valence-electron chi connectivity index (χ4n) is 2.23. The highest BCUT2D eigenvalue weighted by molar-refractivity contribution is 6.30. The summed E-state index contributed by atoms with van der Waals surface area (Å²) in [5.41, 5.74) is 1.79. The van der Waals surface area contributed by atoms with Crippen molar-refractivity contribution in [2.24, 2.45) is 0 Å². The zero-order chi connectivity index (χ0) is 14.8. The van der Waals surface area contributed by atoms with Crippen LogP contribution in [0.4, 0.5) is 8.78 Å². The van der Waals surface area contributed by atoms with Crippen LogP contribution in [0.5, 0.6) is 0 Å². The molecule has 0 saturated carbocycles. The highest BCUT2D eigenvalue weighted by atomic mass is 35.5. The van der Waals surface area contributed by atoms with Gasteiger partial charge in [-0.1, -0.05) is 18.2 Å². The molecule has 0 saturated heterocycles. The number of hydrogen-bond acceptors (Lipinski definition) is 2. The zero-order valence-electron chi connectivity index (χ0n) is 11.0. The van der Waals surface area contributed by atoms with Crippen molar-refractivity contribution in [3.63, 3.8) is 0 Å². The smallest absolute Gasteiger partial charge is 0.199 e. The van der Waals surface area contributed by atoms with Gasteiger partial charge in [0.2, 0.25) is 0 Å². The van der Waals surface area contributed by atoms with Crippen LogP contribution in [-0.2, 0) is 13.1 Å². The Kier molecular flexibility index (Phi) is 3.90. The molecule has 0 atom stereocenters. The number of furan rings is 1. The quantitative estimate of drug-likeness (QED) is 0.758. The van der Waals surface area contributed by atoms with E-state index in [1.54, 1.807) is 0 Å². The minimum atomic E-state index is -0.458. The van der Waals surface area contributed by atoms with E-state index >= 15 is 0 Å². The van der Waals surface area contributed by atoms with Crippen molar-refractivity contribution in [3.05, 3.63) is 70.4 Å². The van der Waals surface area contributed by atoms with E-state index in [1.807, 2.05) is 24.3 Å². The molecule has 1 N–H and O–H groups in total. The summed E-state index contributed by atoms with van der Waals surface area (Å²) in [6, 6.07) is 10.9. The Bertz CT molecular complexity index is 785. The highest BCUT2D eigenvalue weighted by Gasteiger charge is 2.12. The van der Waals surface area contributed by atoms with Crippen LogP contribution in [0.3, 0.4) is 0 Å². The molecule has 1 heterocycles. The molecule has 3 aromatic rings. The molecular formula is C16H12ClF2NO. The lowest BCUT2D eigenvalue weighted by atomic mass is 10.1. The van der Waals surface area contributed by atoms with E-state index in [0.29, 0.717) is 17.3 Å². The average molecular weight is 308 g/mol. The van der Waals surface area contributed by atoms with Gasteiger partial charge >= 0.3 is 0 Å². The maximum absolute atomic E-state index is 13.5. The topological polar surface area (TPSA) is 25.2 Å². The average Bonchev–Trinajstić information content (AvgIpc) is 2.79. The molecule has 3 rings (SSSR count). The largest absolute Gasteiger partial charge is 0.444 e. The Morgan fingerprint density at radius 2 is 1.86 bits per heavy atom. The van der Waals surface area contributed by atoms with Crippen molar-refractivity contribution in [2.75, 3.05) is 0 Å². The van der Waals surface area contributed by atoms with E-state index < -0.39 is 11.6 Å². The van der Waals surface area contributed by atoms with Crippen LogP contribution in [0.25, 0.3) is 11.0 Å². The Labute approximate surface area is 125 Å². The van der Waals surface area contributed by atoms with E-state index in [-0.39, 0.29) is 12.1 Å². The molecule has 0 amide bonds. The summed E-state index contributed by atoms with van der Waals surface area (Å²) in [5.74, 6) is -0.896. The predicted octanol–water partition coefficient (Wildman–Crippen LogP) is 4.65. The molecule has 2 aromatic carbocycles. The third-order valence-electron chi connectivity index (χ3n) is 3.27. The second-order valence-electron chi connectivity index (χ2n) is 4.69. The first-order valence-electron chi connectivity index (χ1n) is 6.45. The fraction of sp³-hybridized carbons (Fsp3) is 0.125. The molecule has 1 aromatic heterocycles. The summed E-state index contributed by atoms with van der Waals surface area (Å²) >= 11 is 6.07. The second kappa shape index (κ2) is 5.84. The highest BCUT2D eigenvalue weighted by Crippen LogP contribution is 2.29. The molecule has 0 aliphatic heterocycles. The lowest BCUT2D eigenvalue weighted by molar-refractivity contribution is 0.566. The Balaban J connectivity index is 1.75. The summed E-state index contributed by atoms with van der Waals surface area (Å²) < 4.78 is 32.0. The molecule has 21 heavy (non-hydrogen) atoms. The van der Waals surface area contributed by atoms with E-state index in [4.69, 9.17) is 16.0 Å². The van der Waals surface area contributed by atoms with Gasteiger partial charge in [0, 0.05) is 29.6 Å². The summed E-state index contributed by atoms with van der Waals surface area (Å²) in [6.45, 7) is 0.616. The van der Waals surface area contributed by atoms with Gasteiger partial charge < -0.3 is 9.73 Å². The van der Waals surface area contributed by atoms with E-state index in [1.165, 1.54) is 6.07 Å². The molecule has 0 bridgehead atoms. The number of para-hydroxylation sites is 1. The monoisotopic (exact) mass is 307 g/mol. The van der Waals surface area contributed by atoms with Crippen molar-refractivity contribution >= 4 is 22.6 Å². The molecule has 0 aliphatic rings. The third-order valence-corrected chi connectivity index (χ3v) is 3.58. The van der Waals surface area contributed by atoms with Crippen molar-refractivity contribution in [2.45, 2.75) is 13.1 Å². The minimum absolute atomic E-state index is 0.208. The number of fused-ring (bicyclic) bond motifs is 1. The zero-order valence-corrected chi connectivity index (χ0v) is 11.8. The van der Waals surface area contributed by atoms with Gasteiger partial charge in [-0.2, -0.15) is 0 Å². The van der Waals surface area contributed by atoms with Crippen molar-refractivity contribution in [1.29, 1.82) is 0 Å². The molecule has 0 fully saturated rings. The van der Waals surface area contributed by atoms with Crippen LogP contribution in [-0.4, -0.2) is 0 Å². The number of benzene rings is 2. The predicted molar refractivity (Wildman–Crippen MR) is 78.1 cm³/mol. The van der Waals surface area contributed by atoms with E-state index in [9.17, 15) is 8.78 Å². The van der Waals surface area contributed by atoms with Gasteiger partial charge in [0.15, 0.2) is 5.22 Å². The first-order chi connectivity index (χ1) is 10.1. The molecule has 108 valence electrons. The first-order valence-corrected chi connectivity index (χ1v) is 6.83. The maximum Gasteiger partial charge on any atom is 0.199 e. The Hall–Kier alpha value is -1.91. The van der Waals surface area contributed by atoms with Crippen LogP contribution in [0.1, 0.15) is 11.1 Å². The summed E-state index contributed by atoms with van der Waals surface area (Å²) in [7, 11) is 0. The van der Waals surface area contributed by atoms with Crippen LogP contribution in [0.15, 0.2) is 46.9 Å². The lowest BCUT2D eigenvalue weighted by Crippen LogP contribution is -2.14. The summed E-state index contributed by atoms with van der Waals surface area (Å²) in [5, 5.41) is 4.27. The Morgan fingerprint density at radius 3 is 2.71 bits per heavy atom. The molecule has 2 nitrogen and oxygen atoms in total. The van der Waals surface area contributed by atoms with Crippen molar-refractivity contribution < 1.29 is 13.2 Å². The lowest BCUT2D eigenvalue weighted by Gasteiger charge is -2.06. The van der Waals surface area contributed by atoms with Crippen molar-refractivity contribution in [1.82, 2.24) is 5.32 Å². The normalized spacial score (nSPS) is 11.2. The minimum Gasteiger partial charge on any atom is -0.444 e. The second-order valence-corrected chi connectivity index (χ2v) is 5.03. The van der Waals surface area contributed by atoms with Gasteiger partial charge in [0.1, 0.15) is 17.2 Å². The van der Waals surface area contributed by atoms with Crippen LogP contribution >= 0.6 is 11.6 Å².